The largest absolute Gasteiger partial charge is 0.457 e. The molecule has 0 spiro atoms. The normalized spacial score (nSPS) is 15.0. The summed E-state index contributed by atoms with van der Waals surface area (Å²) < 4.78 is 5.89. The first-order valence-electron chi connectivity index (χ1n) is 10.4. The molecular weight excluding hydrogens is 404 g/mol. The van der Waals surface area contributed by atoms with Gasteiger partial charge >= 0.3 is 0 Å². The second kappa shape index (κ2) is 8.24. The molecule has 4 rings (SSSR count). The molecule has 158 valence electrons. The number of hydrogen-bond acceptors (Lipinski definition) is 3. The Balaban J connectivity index is 1.54. The molecule has 0 atom stereocenters. The second-order valence-corrected chi connectivity index (χ2v) is 9.01. The zero-order valence-electron chi connectivity index (χ0n) is 18.6. The molecule has 1 heterocycles. The van der Waals surface area contributed by atoms with E-state index in [0.29, 0.717) is 5.02 Å². The van der Waals surface area contributed by atoms with Crippen LogP contribution in [-0.4, -0.2) is 18.8 Å². The van der Waals surface area contributed by atoms with E-state index in [-0.39, 0.29) is 5.54 Å². The van der Waals surface area contributed by atoms with E-state index in [1.807, 2.05) is 60.8 Å². The molecule has 0 saturated heterocycles. The molecule has 1 aliphatic rings. The average Bonchev–Trinajstić information content (AvgIpc) is 2.73. The summed E-state index contributed by atoms with van der Waals surface area (Å²) >= 11 is 6.60. The third-order valence-corrected chi connectivity index (χ3v) is 6.11. The van der Waals surface area contributed by atoms with Crippen molar-refractivity contribution in [1.29, 1.82) is 0 Å². The van der Waals surface area contributed by atoms with E-state index < -0.39 is 0 Å². The van der Waals surface area contributed by atoms with Crippen LogP contribution in [0.3, 0.4) is 0 Å². The number of aryl methyl sites for hydroxylation is 1. The highest BCUT2D eigenvalue weighted by atomic mass is 35.5. The van der Waals surface area contributed by atoms with E-state index >= 15 is 0 Å². The van der Waals surface area contributed by atoms with Gasteiger partial charge in [-0.3, -0.25) is 4.99 Å². The molecule has 0 unspecified atom stereocenters. The average molecular weight is 431 g/mol. The van der Waals surface area contributed by atoms with Gasteiger partial charge in [-0.15, -0.1) is 0 Å². The Morgan fingerprint density at radius 2 is 1.55 bits per heavy atom. The number of nitrogens with zero attached hydrogens (tertiary/aromatic N) is 2. The molecule has 3 aromatic rings. The first kappa shape index (κ1) is 21.2. The van der Waals surface area contributed by atoms with Gasteiger partial charge in [-0.1, -0.05) is 35.4 Å². The van der Waals surface area contributed by atoms with Crippen molar-refractivity contribution in [1.82, 2.24) is 0 Å². The summed E-state index contributed by atoms with van der Waals surface area (Å²) in [5, 5.41) is 0.694. The number of halogens is 1. The van der Waals surface area contributed by atoms with Crippen LogP contribution in [0.2, 0.25) is 5.02 Å². The van der Waals surface area contributed by atoms with Crippen LogP contribution in [0.25, 0.3) is 5.57 Å². The maximum atomic E-state index is 6.60. The van der Waals surface area contributed by atoms with Gasteiger partial charge in [0.05, 0.1) is 16.2 Å². The summed E-state index contributed by atoms with van der Waals surface area (Å²) in [6, 6.07) is 19.9. The Kier molecular flexibility index (Phi) is 5.63. The molecule has 1 aliphatic heterocycles. The van der Waals surface area contributed by atoms with Crippen LogP contribution in [0, 0.1) is 6.92 Å². The van der Waals surface area contributed by atoms with E-state index in [4.69, 9.17) is 16.3 Å². The van der Waals surface area contributed by atoms with Gasteiger partial charge in [0, 0.05) is 30.1 Å². The van der Waals surface area contributed by atoms with E-state index in [1.54, 1.807) is 0 Å². The second-order valence-electron chi connectivity index (χ2n) is 8.60. The van der Waals surface area contributed by atoms with Crippen molar-refractivity contribution in [3.8, 4) is 11.5 Å². The lowest BCUT2D eigenvalue weighted by Gasteiger charge is -2.40. The van der Waals surface area contributed by atoms with E-state index in [1.165, 1.54) is 16.7 Å². The summed E-state index contributed by atoms with van der Waals surface area (Å²) in [6.45, 7) is 8.61. The standard InChI is InChI=1S/C27H27ClN2O/c1-18-6-10-22(11-7-18)31-23-12-8-21(9-13-23)29-17-20-14-24-19(2)16-27(3,4)30(5)26(24)15-25(20)28/h6-17H,1-5H3. The number of hydrogen-bond donors (Lipinski definition) is 0. The molecule has 0 radical (unpaired) electrons. The summed E-state index contributed by atoms with van der Waals surface area (Å²) in [5.41, 5.74) is 6.50. The van der Waals surface area contributed by atoms with Crippen molar-refractivity contribution >= 4 is 34.8 Å². The number of allylic oxidation sites excluding steroid dienone is 1. The van der Waals surface area contributed by atoms with Gasteiger partial charge in [0.15, 0.2) is 0 Å². The molecule has 31 heavy (non-hydrogen) atoms. The Morgan fingerprint density at radius 1 is 0.935 bits per heavy atom. The smallest absolute Gasteiger partial charge is 0.127 e. The van der Waals surface area contributed by atoms with Gasteiger partial charge in [-0.25, -0.2) is 0 Å². The zero-order valence-corrected chi connectivity index (χ0v) is 19.4. The maximum absolute atomic E-state index is 6.60. The van der Waals surface area contributed by atoms with Crippen LogP contribution in [0.5, 0.6) is 11.5 Å². The minimum atomic E-state index is -0.0432. The van der Waals surface area contributed by atoms with Gasteiger partial charge in [0.25, 0.3) is 0 Å². The third kappa shape index (κ3) is 4.52. The Hall–Kier alpha value is -3.04. The van der Waals surface area contributed by atoms with E-state index in [0.717, 1.165) is 28.4 Å². The van der Waals surface area contributed by atoms with Crippen LogP contribution >= 0.6 is 11.6 Å². The van der Waals surface area contributed by atoms with Crippen LogP contribution in [-0.2, 0) is 0 Å². The van der Waals surface area contributed by atoms with Crippen molar-refractivity contribution in [3.05, 3.63) is 88.5 Å². The molecule has 0 aromatic heterocycles. The number of aliphatic imine (C=N–C) groups is 1. The predicted octanol–water partition coefficient (Wildman–Crippen LogP) is 7.82. The number of likely N-dealkylation sites (N-methyl/N-ethyl adjacent to an activating group) is 1. The van der Waals surface area contributed by atoms with Crippen molar-refractivity contribution < 1.29 is 4.74 Å². The van der Waals surface area contributed by atoms with Crippen molar-refractivity contribution in [2.75, 3.05) is 11.9 Å². The lowest BCUT2D eigenvalue weighted by atomic mass is 9.88. The SMILES string of the molecule is CC1=CC(C)(C)N(C)c2cc(Cl)c(C=Nc3ccc(Oc4ccc(C)cc4)cc3)cc21. The zero-order chi connectivity index (χ0) is 22.2. The molecule has 0 bridgehead atoms. The molecular formula is C27H27ClN2O. The van der Waals surface area contributed by atoms with Crippen molar-refractivity contribution in [2.45, 2.75) is 33.2 Å². The van der Waals surface area contributed by atoms with Gasteiger partial charge in [-0.05, 0) is 81.8 Å². The fourth-order valence-electron chi connectivity index (χ4n) is 3.77. The predicted molar refractivity (Wildman–Crippen MR) is 133 cm³/mol. The van der Waals surface area contributed by atoms with Crippen LogP contribution < -0.4 is 9.64 Å². The molecule has 3 nitrogen and oxygen atoms in total. The van der Waals surface area contributed by atoms with Gasteiger partial charge < -0.3 is 9.64 Å². The van der Waals surface area contributed by atoms with Gasteiger partial charge in [-0.2, -0.15) is 0 Å². The van der Waals surface area contributed by atoms with Crippen LogP contribution in [0.4, 0.5) is 11.4 Å². The Labute approximate surface area is 189 Å². The highest BCUT2D eigenvalue weighted by molar-refractivity contribution is 6.33. The Morgan fingerprint density at radius 3 is 2.19 bits per heavy atom. The molecule has 0 N–H and O–H groups in total. The number of ether oxygens (including phenoxy) is 1. The molecule has 0 amide bonds. The van der Waals surface area contributed by atoms with Crippen LogP contribution in [0.15, 0.2) is 71.7 Å². The lowest BCUT2D eigenvalue weighted by molar-refractivity contribution is 0.482. The van der Waals surface area contributed by atoms with Crippen molar-refractivity contribution in [2.24, 2.45) is 4.99 Å². The number of benzene rings is 3. The molecule has 0 fully saturated rings. The summed E-state index contributed by atoms with van der Waals surface area (Å²) in [5.74, 6) is 1.60. The van der Waals surface area contributed by atoms with Crippen LogP contribution in [0.1, 0.15) is 37.5 Å². The van der Waals surface area contributed by atoms with Gasteiger partial charge in [0.1, 0.15) is 11.5 Å². The quantitative estimate of drug-likeness (QED) is 0.394. The molecule has 0 saturated carbocycles. The fourth-order valence-corrected chi connectivity index (χ4v) is 3.98. The maximum Gasteiger partial charge on any atom is 0.127 e. The lowest BCUT2D eigenvalue weighted by Crippen LogP contribution is -2.42. The summed E-state index contributed by atoms with van der Waals surface area (Å²) in [6.07, 6.45) is 4.11. The highest BCUT2D eigenvalue weighted by Crippen LogP contribution is 2.40. The number of anilines is 1. The monoisotopic (exact) mass is 430 g/mol. The number of fused-ring (bicyclic) bond motifs is 1. The van der Waals surface area contributed by atoms with E-state index in [9.17, 15) is 0 Å². The highest BCUT2D eigenvalue weighted by Gasteiger charge is 2.29. The number of rotatable bonds is 4. The molecule has 3 aromatic carbocycles. The van der Waals surface area contributed by atoms with Gasteiger partial charge in [0.2, 0.25) is 0 Å². The molecule has 4 heteroatoms. The summed E-state index contributed by atoms with van der Waals surface area (Å²) in [7, 11) is 2.10. The molecule has 0 aliphatic carbocycles. The fraction of sp³-hybridized carbons (Fsp3) is 0.222. The first-order valence-corrected chi connectivity index (χ1v) is 10.8. The van der Waals surface area contributed by atoms with E-state index in [2.05, 4.69) is 56.8 Å². The van der Waals surface area contributed by atoms with Crippen molar-refractivity contribution in [3.63, 3.8) is 0 Å². The summed E-state index contributed by atoms with van der Waals surface area (Å²) in [4.78, 5) is 6.88. The minimum absolute atomic E-state index is 0.0432. The Bertz CT molecular complexity index is 1160. The first-order chi connectivity index (χ1) is 14.7. The minimum Gasteiger partial charge on any atom is -0.457 e. The topological polar surface area (TPSA) is 24.8 Å². The third-order valence-electron chi connectivity index (χ3n) is 5.78.